The lowest BCUT2D eigenvalue weighted by molar-refractivity contribution is -0.136. The number of fused-ring (bicyclic) bond motifs is 6. The largest absolute Gasteiger partial charge is 0.441 e. The summed E-state index contributed by atoms with van der Waals surface area (Å²) in [5.41, 5.74) is 2.58. The van der Waals surface area contributed by atoms with Crippen molar-refractivity contribution in [2.24, 2.45) is 11.8 Å². The van der Waals surface area contributed by atoms with Gasteiger partial charge in [0, 0.05) is 37.5 Å². The van der Waals surface area contributed by atoms with E-state index in [1.54, 1.807) is 11.8 Å². The second-order valence-electron chi connectivity index (χ2n) is 10.1. The van der Waals surface area contributed by atoms with Gasteiger partial charge in [-0.15, -0.1) is 0 Å². The lowest BCUT2D eigenvalue weighted by Crippen LogP contribution is -2.60. The van der Waals surface area contributed by atoms with E-state index >= 15 is 0 Å². The number of amides is 1. The van der Waals surface area contributed by atoms with E-state index in [1.807, 2.05) is 30.3 Å². The van der Waals surface area contributed by atoms with Gasteiger partial charge in [0.05, 0.1) is 12.2 Å². The average molecular weight is 432 g/mol. The predicted molar refractivity (Wildman–Crippen MR) is 124 cm³/mol. The summed E-state index contributed by atoms with van der Waals surface area (Å²) in [5, 5.41) is 0. The van der Waals surface area contributed by atoms with Crippen molar-refractivity contribution >= 4 is 5.91 Å². The number of aromatic nitrogens is 1. The van der Waals surface area contributed by atoms with Crippen LogP contribution in [0.5, 0.6) is 0 Å². The molecule has 2 bridgehead atoms. The lowest BCUT2D eigenvalue weighted by atomic mass is 9.68. The zero-order valence-corrected chi connectivity index (χ0v) is 18.8. The molecule has 0 saturated carbocycles. The number of hydrogen-bond acceptors (Lipinski definition) is 4. The van der Waals surface area contributed by atoms with Crippen molar-refractivity contribution in [2.75, 3.05) is 19.6 Å². The molecule has 3 saturated heterocycles. The Bertz CT molecular complexity index is 997. The van der Waals surface area contributed by atoms with Gasteiger partial charge in [0.15, 0.2) is 11.7 Å². The molecule has 3 fully saturated rings. The van der Waals surface area contributed by atoms with Crippen molar-refractivity contribution in [2.45, 2.75) is 63.5 Å². The third kappa shape index (κ3) is 3.71. The molecule has 0 spiro atoms. The molecule has 4 atom stereocenters. The molecule has 4 heterocycles. The molecule has 1 aliphatic carbocycles. The summed E-state index contributed by atoms with van der Waals surface area (Å²) in [6.07, 6.45) is 13.0. The van der Waals surface area contributed by atoms with E-state index in [1.165, 1.54) is 45.2 Å². The summed E-state index contributed by atoms with van der Waals surface area (Å²) < 4.78 is 5.94. The Morgan fingerprint density at radius 3 is 2.94 bits per heavy atom. The number of carbonyl (C=O) groups excluding carboxylic acids is 1. The van der Waals surface area contributed by atoms with Crippen LogP contribution in [0.15, 0.2) is 52.6 Å². The zero-order valence-electron chi connectivity index (χ0n) is 18.8. The summed E-state index contributed by atoms with van der Waals surface area (Å²) in [6, 6.07) is 11.1. The molecule has 168 valence electrons. The Morgan fingerprint density at radius 1 is 1.12 bits per heavy atom. The van der Waals surface area contributed by atoms with E-state index in [9.17, 15) is 4.79 Å². The monoisotopic (exact) mass is 431 g/mol. The van der Waals surface area contributed by atoms with Crippen molar-refractivity contribution < 1.29 is 9.21 Å². The number of oxazole rings is 1. The van der Waals surface area contributed by atoms with Crippen LogP contribution in [0.4, 0.5) is 0 Å². The molecule has 1 aromatic carbocycles. The van der Waals surface area contributed by atoms with Crippen LogP contribution in [0.2, 0.25) is 0 Å². The van der Waals surface area contributed by atoms with Gasteiger partial charge in [-0.05, 0) is 50.5 Å². The molecular weight excluding hydrogens is 398 g/mol. The molecule has 32 heavy (non-hydrogen) atoms. The number of rotatable bonds is 4. The first-order valence-corrected chi connectivity index (χ1v) is 12.5. The first-order chi connectivity index (χ1) is 15.8. The van der Waals surface area contributed by atoms with Crippen LogP contribution in [0, 0.1) is 11.8 Å². The third-order valence-corrected chi connectivity index (χ3v) is 8.14. The summed E-state index contributed by atoms with van der Waals surface area (Å²) in [5.74, 6) is 3.00. The lowest BCUT2D eigenvalue weighted by Gasteiger charge is -2.54. The van der Waals surface area contributed by atoms with E-state index in [2.05, 4.69) is 20.9 Å². The number of hydrogen-bond donors (Lipinski definition) is 0. The predicted octanol–water partition coefficient (Wildman–Crippen LogP) is 4.70. The van der Waals surface area contributed by atoms with Gasteiger partial charge in [0.25, 0.3) is 0 Å². The Morgan fingerprint density at radius 2 is 2.03 bits per heavy atom. The standard InChI is InChI=1S/C27H33N3O2/c31-26(12-11-25-28-17-24(32-25)19-7-2-1-3-8-19)30-14-6-9-20-15-21-16-22(27(20)30)18-29-13-5-4-10-23(21)29/h1-3,7-8,15,17,21-23,27H,4-6,9-14,16,18H2/t21-,22-,23+,27+/m0/s1. The third-order valence-electron chi connectivity index (χ3n) is 8.14. The second kappa shape index (κ2) is 8.51. The maximum absolute atomic E-state index is 13.4. The van der Waals surface area contributed by atoms with Gasteiger partial charge in [-0.1, -0.05) is 48.4 Å². The van der Waals surface area contributed by atoms with Crippen LogP contribution in [0.1, 0.15) is 50.8 Å². The number of carbonyl (C=O) groups is 1. The highest BCUT2D eigenvalue weighted by atomic mass is 16.4. The van der Waals surface area contributed by atoms with Crippen LogP contribution in [-0.2, 0) is 11.2 Å². The Labute approximate surface area is 190 Å². The minimum absolute atomic E-state index is 0.263. The van der Waals surface area contributed by atoms with Crippen LogP contribution in [0.25, 0.3) is 11.3 Å². The Hall–Kier alpha value is -2.40. The van der Waals surface area contributed by atoms with Gasteiger partial charge in [-0.25, -0.2) is 4.98 Å². The SMILES string of the molecule is O=C(CCc1ncc(-c2ccccc2)o1)N1CCCC2=C[C@H]3C[C@@H](CN4CCCC[C@H]34)[C@@H]21. The average Bonchev–Trinajstić information content (AvgIpc) is 3.32. The van der Waals surface area contributed by atoms with Crippen LogP contribution >= 0.6 is 0 Å². The highest BCUT2D eigenvalue weighted by Crippen LogP contribution is 2.45. The molecule has 4 aliphatic rings. The van der Waals surface area contributed by atoms with Crippen molar-refractivity contribution in [3.8, 4) is 11.3 Å². The number of aryl methyl sites for hydroxylation is 1. The number of piperidine rings is 3. The molecule has 1 aromatic heterocycles. The normalized spacial score (nSPS) is 29.8. The number of benzene rings is 1. The minimum atomic E-state index is 0.263. The summed E-state index contributed by atoms with van der Waals surface area (Å²) in [6.45, 7) is 3.31. The fraction of sp³-hybridized carbons (Fsp3) is 0.556. The van der Waals surface area contributed by atoms with Crippen molar-refractivity contribution in [1.82, 2.24) is 14.8 Å². The van der Waals surface area contributed by atoms with Gasteiger partial charge in [-0.2, -0.15) is 0 Å². The zero-order chi connectivity index (χ0) is 21.5. The van der Waals surface area contributed by atoms with E-state index in [0.29, 0.717) is 36.6 Å². The topological polar surface area (TPSA) is 49.6 Å². The van der Waals surface area contributed by atoms with Gasteiger partial charge in [0.2, 0.25) is 5.91 Å². The molecule has 0 N–H and O–H groups in total. The minimum Gasteiger partial charge on any atom is -0.441 e. The van der Waals surface area contributed by atoms with Gasteiger partial charge in [0.1, 0.15) is 0 Å². The molecule has 6 rings (SSSR count). The summed E-state index contributed by atoms with van der Waals surface area (Å²) in [7, 11) is 0. The summed E-state index contributed by atoms with van der Waals surface area (Å²) >= 11 is 0. The molecule has 3 aliphatic heterocycles. The maximum atomic E-state index is 13.4. The van der Waals surface area contributed by atoms with Crippen LogP contribution in [0.3, 0.4) is 0 Å². The number of likely N-dealkylation sites (tertiary alicyclic amines) is 1. The molecule has 1 amide bonds. The Kier molecular flexibility index (Phi) is 5.38. The van der Waals surface area contributed by atoms with Crippen molar-refractivity contribution in [3.63, 3.8) is 0 Å². The molecular formula is C27H33N3O2. The smallest absolute Gasteiger partial charge is 0.223 e. The maximum Gasteiger partial charge on any atom is 0.223 e. The van der Waals surface area contributed by atoms with E-state index in [0.717, 1.165) is 30.3 Å². The fourth-order valence-electron chi connectivity index (χ4n) is 6.77. The second-order valence-corrected chi connectivity index (χ2v) is 10.1. The fourth-order valence-corrected chi connectivity index (χ4v) is 6.77. The van der Waals surface area contributed by atoms with E-state index in [-0.39, 0.29) is 5.91 Å². The molecule has 0 radical (unpaired) electrons. The van der Waals surface area contributed by atoms with E-state index < -0.39 is 0 Å². The molecule has 2 aromatic rings. The van der Waals surface area contributed by atoms with Gasteiger partial charge in [-0.3, -0.25) is 9.69 Å². The van der Waals surface area contributed by atoms with Gasteiger partial charge < -0.3 is 9.32 Å². The van der Waals surface area contributed by atoms with Crippen LogP contribution < -0.4 is 0 Å². The molecule has 0 unspecified atom stereocenters. The quantitative estimate of drug-likeness (QED) is 0.659. The number of nitrogens with zero attached hydrogens (tertiary/aromatic N) is 3. The van der Waals surface area contributed by atoms with Crippen LogP contribution in [-0.4, -0.2) is 52.4 Å². The first-order valence-electron chi connectivity index (χ1n) is 12.5. The van der Waals surface area contributed by atoms with Gasteiger partial charge >= 0.3 is 0 Å². The van der Waals surface area contributed by atoms with E-state index in [4.69, 9.17) is 4.42 Å². The Balaban J connectivity index is 1.15. The molecule has 5 nitrogen and oxygen atoms in total. The molecule has 5 heteroatoms. The van der Waals surface area contributed by atoms with Crippen molar-refractivity contribution in [3.05, 3.63) is 54.1 Å². The van der Waals surface area contributed by atoms with Crippen molar-refractivity contribution in [1.29, 1.82) is 0 Å². The first kappa shape index (κ1) is 20.2. The highest BCUT2D eigenvalue weighted by Gasteiger charge is 2.46. The highest BCUT2D eigenvalue weighted by molar-refractivity contribution is 5.77. The summed E-state index contributed by atoms with van der Waals surface area (Å²) in [4.78, 5) is 22.7.